The smallest absolute Gasteiger partial charge is 0.349 e. The maximum absolute atomic E-state index is 13.9. The van der Waals surface area contributed by atoms with Crippen LogP contribution in [-0.4, -0.2) is 17.3 Å². The van der Waals surface area contributed by atoms with Gasteiger partial charge in [-0.2, -0.15) is 4.98 Å². The monoisotopic (exact) mass is 352 g/mol. The van der Waals surface area contributed by atoms with E-state index >= 15 is 0 Å². The van der Waals surface area contributed by atoms with Crippen LogP contribution in [-0.2, 0) is 0 Å². The van der Waals surface area contributed by atoms with Crippen molar-refractivity contribution < 1.29 is 18.1 Å². The number of aryl methyl sites for hydroxylation is 1. The molecule has 0 aliphatic carbocycles. The van der Waals surface area contributed by atoms with Gasteiger partial charge in [-0.25, -0.2) is 9.18 Å². The van der Waals surface area contributed by atoms with Crippen molar-refractivity contribution >= 4 is 11.0 Å². The molecule has 2 heterocycles. The topological polar surface area (TPSA) is 78.4 Å². The van der Waals surface area contributed by atoms with Gasteiger partial charge in [0.1, 0.15) is 11.1 Å². The van der Waals surface area contributed by atoms with Crippen LogP contribution >= 0.6 is 0 Å². The number of benzene rings is 2. The molecule has 2 aromatic carbocycles. The highest BCUT2D eigenvalue weighted by Crippen LogP contribution is 2.26. The molecule has 6 nitrogen and oxygen atoms in total. The van der Waals surface area contributed by atoms with E-state index in [0.717, 1.165) is 10.9 Å². The third kappa shape index (κ3) is 2.73. The summed E-state index contributed by atoms with van der Waals surface area (Å²) in [6.45, 7) is 1.94. The van der Waals surface area contributed by atoms with Crippen molar-refractivity contribution in [3.8, 4) is 28.6 Å². The summed E-state index contributed by atoms with van der Waals surface area (Å²) in [5.41, 5.74) is 1.46. The van der Waals surface area contributed by atoms with Gasteiger partial charge in [-0.15, -0.1) is 0 Å². The van der Waals surface area contributed by atoms with Gasteiger partial charge in [0.05, 0.1) is 7.11 Å². The van der Waals surface area contributed by atoms with Crippen LogP contribution in [0.1, 0.15) is 5.56 Å². The Labute approximate surface area is 146 Å². The zero-order chi connectivity index (χ0) is 18.3. The Bertz CT molecular complexity index is 1180. The summed E-state index contributed by atoms with van der Waals surface area (Å²) in [5.74, 6) is -0.265. The standard InChI is InChI=1S/C19H13FN2O4/c1-10-3-5-15-12(7-10)8-13(19(23)25-15)18-21-17(22-26-18)11-4-6-16(24-2)14(20)9-11/h3-9H,1-2H3. The second kappa shape index (κ2) is 6.11. The van der Waals surface area contributed by atoms with Crippen LogP contribution in [0.2, 0.25) is 0 Å². The molecule has 0 saturated carbocycles. The number of hydrogen-bond donors (Lipinski definition) is 0. The van der Waals surface area contributed by atoms with Crippen LogP contribution in [0.25, 0.3) is 33.8 Å². The molecular weight excluding hydrogens is 339 g/mol. The quantitative estimate of drug-likeness (QED) is 0.519. The predicted octanol–water partition coefficient (Wildman–Crippen LogP) is 3.97. The van der Waals surface area contributed by atoms with Crippen molar-refractivity contribution in [3.05, 3.63) is 64.3 Å². The Balaban J connectivity index is 1.78. The number of nitrogens with zero attached hydrogens (tertiary/aromatic N) is 2. The minimum absolute atomic E-state index is 0.00776. The van der Waals surface area contributed by atoms with E-state index in [1.54, 1.807) is 18.2 Å². The fourth-order valence-corrected chi connectivity index (χ4v) is 2.65. The second-order valence-corrected chi connectivity index (χ2v) is 5.76. The van der Waals surface area contributed by atoms with Crippen LogP contribution in [0, 0.1) is 12.7 Å². The minimum atomic E-state index is -0.586. The van der Waals surface area contributed by atoms with Crippen LogP contribution in [0.5, 0.6) is 5.75 Å². The van der Waals surface area contributed by atoms with Crippen molar-refractivity contribution in [2.24, 2.45) is 0 Å². The number of ether oxygens (including phenoxy) is 1. The van der Waals surface area contributed by atoms with Gasteiger partial charge in [0.25, 0.3) is 5.89 Å². The third-order valence-corrected chi connectivity index (χ3v) is 3.95. The first-order valence-corrected chi connectivity index (χ1v) is 7.77. The number of rotatable bonds is 3. The van der Waals surface area contributed by atoms with Crippen LogP contribution < -0.4 is 10.4 Å². The summed E-state index contributed by atoms with van der Waals surface area (Å²) in [6.07, 6.45) is 0. The number of methoxy groups -OCH3 is 1. The van der Waals surface area contributed by atoms with Crippen LogP contribution in [0.3, 0.4) is 0 Å². The Morgan fingerprint density at radius 2 is 1.96 bits per heavy atom. The van der Waals surface area contributed by atoms with Gasteiger partial charge in [0.2, 0.25) is 5.82 Å². The summed E-state index contributed by atoms with van der Waals surface area (Å²) < 4.78 is 29.2. The third-order valence-electron chi connectivity index (χ3n) is 3.95. The molecule has 0 spiro atoms. The van der Waals surface area contributed by atoms with Crippen molar-refractivity contribution in [1.82, 2.24) is 10.1 Å². The minimum Gasteiger partial charge on any atom is -0.494 e. The Morgan fingerprint density at radius 3 is 2.73 bits per heavy atom. The predicted molar refractivity (Wildman–Crippen MR) is 92.5 cm³/mol. The molecule has 0 aliphatic heterocycles. The molecule has 0 atom stereocenters. The Kier molecular flexibility index (Phi) is 3.76. The maximum atomic E-state index is 13.9. The molecule has 26 heavy (non-hydrogen) atoms. The van der Waals surface area contributed by atoms with E-state index in [1.807, 2.05) is 19.1 Å². The molecule has 2 aromatic heterocycles. The molecule has 0 amide bonds. The summed E-state index contributed by atoms with van der Waals surface area (Å²) in [4.78, 5) is 16.4. The summed E-state index contributed by atoms with van der Waals surface area (Å²) in [5, 5.41) is 4.57. The first-order chi connectivity index (χ1) is 12.5. The van der Waals surface area contributed by atoms with Gasteiger partial charge in [-0.3, -0.25) is 0 Å². The molecule has 0 bridgehead atoms. The van der Waals surface area contributed by atoms with E-state index in [1.165, 1.54) is 19.2 Å². The van der Waals surface area contributed by atoms with E-state index in [9.17, 15) is 9.18 Å². The van der Waals surface area contributed by atoms with Gasteiger partial charge >= 0.3 is 5.63 Å². The van der Waals surface area contributed by atoms with Gasteiger partial charge in [0, 0.05) is 10.9 Å². The molecule has 4 aromatic rings. The van der Waals surface area contributed by atoms with E-state index in [0.29, 0.717) is 11.1 Å². The summed E-state index contributed by atoms with van der Waals surface area (Å²) in [6, 6.07) is 11.4. The van der Waals surface area contributed by atoms with Crippen molar-refractivity contribution in [3.63, 3.8) is 0 Å². The van der Waals surface area contributed by atoms with E-state index < -0.39 is 11.4 Å². The Morgan fingerprint density at radius 1 is 1.12 bits per heavy atom. The largest absolute Gasteiger partial charge is 0.494 e. The van der Waals surface area contributed by atoms with Crippen molar-refractivity contribution in [2.45, 2.75) is 6.92 Å². The van der Waals surface area contributed by atoms with Gasteiger partial charge in [0.15, 0.2) is 11.6 Å². The number of hydrogen-bond acceptors (Lipinski definition) is 6. The number of fused-ring (bicyclic) bond motifs is 1. The SMILES string of the molecule is COc1ccc(-c2noc(-c3cc4cc(C)ccc4oc3=O)n2)cc1F. The van der Waals surface area contributed by atoms with Crippen molar-refractivity contribution in [2.75, 3.05) is 7.11 Å². The molecule has 0 aliphatic rings. The molecule has 0 fully saturated rings. The number of aromatic nitrogens is 2. The number of halogens is 1. The zero-order valence-corrected chi connectivity index (χ0v) is 13.9. The molecule has 7 heteroatoms. The fraction of sp³-hybridized carbons (Fsp3) is 0.105. The highest BCUT2D eigenvalue weighted by molar-refractivity contribution is 5.81. The average Bonchev–Trinajstić information content (AvgIpc) is 3.11. The molecule has 4 rings (SSSR count). The maximum Gasteiger partial charge on any atom is 0.349 e. The summed E-state index contributed by atoms with van der Waals surface area (Å²) in [7, 11) is 1.38. The van der Waals surface area contributed by atoms with Gasteiger partial charge in [-0.1, -0.05) is 16.8 Å². The first kappa shape index (κ1) is 16.0. The highest BCUT2D eigenvalue weighted by Gasteiger charge is 2.17. The zero-order valence-electron chi connectivity index (χ0n) is 13.9. The highest BCUT2D eigenvalue weighted by atomic mass is 19.1. The first-order valence-electron chi connectivity index (χ1n) is 7.77. The molecule has 0 radical (unpaired) electrons. The van der Waals surface area contributed by atoms with Crippen molar-refractivity contribution in [1.29, 1.82) is 0 Å². The molecule has 0 N–H and O–H groups in total. The average molecular weight is 352 g/mol. The molecule has 0 saturated heterocycles. The lowest BCUT2D eigenvalue weighted by atomic mass is 10.1. The van der Waals surface area contributed by atoms with Crippen LogP contribution in [0.4, 0.5) is 4.39 Å². The molecular formula is C19H13FN2O4. The molecule has 0 unspecified atom stereocenters. The second-order valence-electron chi connectivity index (χ2n) is 5.76. The van der Waals surface area contributed by atoms with Gasteiger partial charge in [-0.05, 0) is 43.3 Å². The Hall–Kier alpha value is -3.48. The molecule has 130 valence electrons. The normalized spacial score (nSPS) is 11.0. The van der Waals surface area contributed by atoms with E-state index in [4.69, 9.17) is 13.7 Å². The fourth-order valence-electron chi connectivity index (χ4n) is 2.65. The van der Waals surface area contributed by atoms with Gasteiger partial charge < -0.3 is 13.7 Å². The summed E-state index contributed by atoms with van der Waals surface area (Å²) >= 11 is 0. The van der Waals surface area contributed by atoms with E-state index in [2.05, 4.69) is 10.1 Å². The lowest BCUT2D eigenvalue weighted by molar-refractivity contribution is 0.386. The van der Waals surface area contributed by atoms with E-state index in [-0.39, 0.29) is 23.0 Å². The lowest BCUT2D eigenvalue weighted by Crippen LogP contribution is -2.02. The lowest BCUT2D eigenvalue weighted by Gasteiger charge is -2.01. The van der Waals surface area contributed by atoms with Crippen LogP contribution in [0.15, 0.2) is 56.2 Å².